The molecule has 0 spiro atoms. The molecule has 128 valence electrons. The molecule has 0 bridgehead atoms. The normalized spacial score (nSPS) is 10.5. The Kier molecular flexibility index (Phi) is 5.62. The van der Waals surface area contributed by atoms with Crippen molar-refractivity contribution in [2.45, 2.75) is 20.8 Å². The first-order chi connectivity index (χ1) is 11.3. The van der Waals surface area contributed by atoms with E-state index in [1.807, 2.05) is 0 Å². The number of rotatable bonds is 6. The van der Waals surface area contributed by atoms with Crippen molar-refractivity contribution in [2.24, 2.45) is 0 Å². The number of esters is 1. The summed E-state index contributed by atoms with van der Waals surface area (Å²) in [6, 6.07) is 3.64. The zero-order valence-corrected chi connectivity index (χ0v) is 14.3. The van der Waals surface area contributed by atoms with Crippen LogP contribution in [-0.4, -0.2) is 30.0 Å². The van der Waals surface area contributed by atoms with Gasteiger partial charge in [-0.15, -0.1) is 0 Å². The minimum absolute atomic E-state index is 0.0781. The molecule has 0 unspecified atom stereocenters. The van der Waals surface area contributed by atoms with Crippen molar-refractivity contribution < 1.29 is 23.5 Å². The fourth-order valence-corrected chi connectivity index (χ4v) is 2.57. The number of aromatic amines is 1. The highest BCUT2D eigenvalue weighted by Crippen LogP contribution is 2.25. The van der Waals surface area contributed by atoms with Crippen molar-refractivity contribution >= 4 is 23.4 Å². The molecular formula is C17H17ClFNO4. The molecule has 24 heavy (non-hydrogen) atoms. The molecular weight excluding hydrogens is 337 g/mol. The Hall–Kier alpha value is -2.34. The van der Waals surface area contributed by atoms with Crippen molar-refractivity contribution in [3.05, 3.63) is 51.6 Å². The monoisotopic (exact) mass is 353 g/mol. The highest BCUT2D eigenvalue weighted by molar-refractivity contribution is 6.32. The van der Waals surface area contributed by atoms with Crippen LogP contribution in [0, 0.1) is 19.7 Å². The minimum atomic E-state index is -0.492. The van der Waals surface area contributed by atoms with E-state index in [2.05, 4.69) is 4.98 Å². The van der Waals surface area contributed by atoms with Gasteiger partial charge in [-0.1, -0.05) is 11.6 Å². The molecule has 0 aliphatic carbocycles. The first-order valence-electron chi connectivity index (χ1n) is 7.32. The lowest BCUT2D eigenvalue weighted by Gasteiger charge is -2.07. The maximum absolute atomic E-state index is 13.0. The van der Waals surface area contributed by atoms with Crippen LogP contribution in [0.4, 0.5) is 4.39 Å². The number of ether oxygens (including phenoxy) is 2. The van der Waals surface area contributed by atoms with Crippen LogP contribution in [0.5, 0.6) is 5.75 Å². The number of hydrogen-bond acceptors (Lipinski definition) is 4. The molecule has 0 amide bonds. The van der Waals surface area contributed by atoms with Crippen LogP contribution in [0.1, 0.15) is 39.0 Å². The summed E-state index contributed by atoms with van der Waals surface area (Å²) < 4.78 is 23.3. The quantitative estimate of drug-likeness (QED) is 0.632. The third-order valence-corrected chi connectivity index (χ3v) is 3.74. The van der Waals surface area contributed by atoms with Crippen molar-refractivity contribution in [1.82, 2.24) is 4.98 Å². The van der Waals surface area contributed by atoms with Gasteiger partial charge in [-0.25, -0.2) is 9.18 Å². The number of benzene rings is 1. The lowest BCUT2D eigenvalue weighted by molar-refractivity contribution is 0.0525. The Labute approximate surface area is 143 Å². The molecule has 7 heteroatoms. The Morgan fingerprint density at radius 3 is 2.62 bits per heavy atom. The Balaban J connectivity index is 2.15. The number of aromatic nitrogens is 1. The van der Waals surface area contributed by atoms with Crippen LogP contribution in [-0.2, 0) is 4.74 Å². The van der Waals surface area contributed by atoms with E-state index in [1.165, 1.54) is 12.1 Å². The van der Waals surface area contributed by atoms with Crippen LogP contribution in [0.15, 0.2) is 18.2 Å². The Morgan fingerprint density at radius 2 is 2.00 bits per heavy atom. The lowest BCUT2D eigenvalue weighted by Crippen LogP contribution is -2.14. The zero-order valence-electron chi connectivity index (χ0n) is 13.5. The summed E-state index contributed by atoms with van der Waals surface area (Å²) >= 11 is 5.85. The highest BCUT2D eigenvalue weighted by Gasteiger charge is 2.23. The predicted molar refractivity (Wildman–Crippen MR) is 87.5 cm³/mol. The molecule has 0 saturated heterocycles. The summed E-state index contributed by atoms with van der Waals surface area (Å²) in [5.41, 5.74) is 1.67. The van der Waals surface area contributed by atoms with Crippen molar-refractivity contribution in [1.29, 1.82) is 0 Å². The first-order valence-corrected chi connectivity index (χ1v) is 7.70. The fourth-order valence-electron chi connectivity index (χ4n) is 2.35. The van der Waals surface area contributed by atoms with Crippen LogP contribution >= 0.6 is 11.6 Å². The molecule has 0 saturated carbocycles. The van der Waals surface area contributed by atoms with E-state index < -0.39 is 11.8 Å². The number of carbonyl (C=O) groups excluding carboxylic acids is 2. The van der Waals surface area contributed by atoms with E-state index in [1.54, 1.807) is 20.8 Å². The van der Waals surface area contributed by atoms with E-state index in [9.17, 15) is 14.0 Å². The molecule has 0 fully saturated rings. The number of ketones is 1. The fraction of sp³-hybridized carbons (Fsp3) is 0.294. The number of aryl methyl sites for hydroxylation is 1. The zero-order chi connectivity index (χ0) is 17.9. The molecule has 2 rings (SSSR count). The SMILES string of the molecule is CCOC(=O)c1c(C)[nH]c(C(=O)COc2ccc(F)cc2Cl)c1C. The van der Waals surface area contributed by atoms with Crippen LogP contribution in [0.25, 0.3) is 0 Å². The molecule has 0 aliphatic rings. The Morgan fingerprint density at radius 1 is 1.29 bits per heavy atom. The van der Waals surface area contributed by atoms with Crippen LogP contribution < -0.4 is 4.74 Å². The van der Waals surface area contributed by atoms with E-state index in [-0.39, 0.29) is 35.5 Å². The van der Waals surface area contributed by atoms with Crippen molar-refractivity contribution in [2.75, 3.05) is 13.2 Å². The van der Waals surface area contributed by atoms with Gasteiger partial charge in [0.1, 0.15) is 11.6 Å². The second-order valence-corrected chi connectivity index (χ2v) is 5.54. The molecule has 0 radical (unpaired) electrons. The van der Waals surface area contributed by atoms with Gasteiger partial charge in [0.05, 0.1) is 22.9 Å². The molecule has 1 N–H and O–H groups in total. The molecule has 1 aromatic heterocycles. The molecule has 5 nitrogen and oxygen atoms in total. The molecule has 0 atom stereocenters. The summed E-state index contributed by atoms with van der Waals surface area (Å²) in [6.07, 6.45) is 0. The number of carbonyl (C=O) groups is 2. The summed E-state index contributed by atoms with van der Waals surface area (Å²) in [7, 11) is 0. The van der Waals surface area contributed by atoms with Gasteiger partial charge < -0.3 is 14.5 Å². The van der Waals surface area contributed by atoms with E-state index in [4.69, 9.17) is 21.1 Å². The average Bonchev–Trinajstić information content (AvgIpc) is 2.81. The number of H-pyrrole nitrogens is 1. The summed E-state index contributed by atoms with van der Waals surface area (Å²) in [5, 5.41) is 0.0781. The number of halogens is 2. The second kappa shape index (κ2) is 7.49. The summed E-state index contributed by atoms with van der Waals surface area (Å²) in [6.45, 7) is 5.01. The molecule has 1 aromatic carbocycles. The minimum Gasteiger partial charge on any atom is -0.484 e. The molecule has 2 aromatic rings. The smallest absolute Gasteiger partial charge is 0.340 e. The maximum atomic E-state index is 13.0. The first kappa shape index (κ1) is 18.0. The second-order valence-electron chi connectivity index (χ2n) is 5.13. The van der Waals surface area contributed by atoms with Crippen molar-refractivity contribution in [3.8, 4) is 5.75 Å². The summed E-state index contributed by atoms with van der Waals surface area (Å²) in [4.78, 5) is 27.2. The van der Waals surface area contributed by atoms with Gasteiger partial charge >= 0.3 is 5.97 Å². The van der Waals surface area contributed by atoms with Crippen LogP contribution in [0.2, 0.25) is 5.02 Å². The van der Waals surface area contributed by atoms with Gasteiger partial charge in [0.2, 0.25) is 5.78 Å². The van der Waals surface area contributed by atoms with Crippen molar-refractivity contribution in [3.63, 3.8) is 0 Å². The van der Waals surface area contributed by atoms with Gasteiger partial charge in [0.15, 0.2) is 6.61 Å². The van der Waals surface area contributed by atoms with Gasteiger partial charge in [-0.3, -0.25) is 4.79 Å². The highest BCUT2D eigenvalue weighted by atomic mass is 35.5. The van der Waals surface area contributed by atoms with E-state index in [0.29, 0.717) is 16.8 Å². The Bertz CT molecular complexity index is 785. The number of hydrogen-bond donors (Lipinski definition) is 1. The number of Topliss-reactive ketones (excluding diaryl/α,β-unsaturated/α-hetero) is 1. The van der Waals surface area contributed by atoms with Gasteiger partial charge in [-0.2, -0.15) is 0 Å². The summed E-state index contributed by atoms with van der Waals surface area (Å²) in [5.74, 6) is -1.12. The van der Waals surface area contributed by atoms with Gasteiger partial charge in [-0.05, 0) is 44.5 Å². The van der Waals surface area contributed by atoms with Crippen LogP contribution in [0.3, 0.4) is 0 Å². The molecule has 0 aliphatic heterocycles. The van der Waals surface area contributed by atoms with Gasteiger partial charge in [0, 0.05) is 5.69 Å². The maximum Gasteiger partial charge on any atom is 0.340 e. The third kappa shape index (κ3) is 3.76. The standard InChI is InChI=1S/C17H17ClFNO4/c1-4-23-17(22)15-9(2)16(20-10(15)3)13(21)8-24-14-6-5-11(19)7-12(14)18/h5-7,20H,4,8H2,1-3H3. The topological polar surface area (TPSA) is 68.4 Å². The number of nitrogens with one attached hydrogen (secondary N) is 1. The van der Waals surface area contributed by atoms with E-state index in [0.717, 1.165) is 6.07 Å². The largest absolute Gasteiger partial charge is 0.484 e. The lowest BCUT2D eigenvalue weighted by atomic mass is 10.1. The predicted octanol–water partition coefficient (Wildman–Crippen LogP) is 3.86. The van der Waals surface area contributed by atoms with Gasteiger partial charge in [0.25, 0.3) is 0 Å². The van der Waals surface area contributed by atoms with E-state index >= 15 is 0 Å². The average molecular weight is 354 g/mol. The third-order valence-electron chi connectivity index (χ3n) is 3.45. The molecule has 1 heterocycles.